The smallest absolute Gasteiger partial charge is 0.191 e. The van der Waals surface area contributed by atoms with Crippen LogP contribution in [0.5, 0.6) is 0 Å². The average Bonchev–Trinajstić information content (AvgIpc) is 2.42. The standard InChI is InChI=1S/C15H25FN4.HI/c1-5-8-18-15(17-2)19-10-12-6-7-14(16)13(9-12)11-20(3)4;/h6-7,9H,5,8,10-11H2,1-4H3,(H2,17,18,19);1H. The predicted octanol–water partition coefficient (Wildman–Crippen LogP) is 2.58. The van der Waals surface area contributed by atoms with Gasteiger partial charge in [-0.1, -0.05) is 13.0 Å². The minimum atomic E-state index is -0.157. The number of nitrogens with zero attached hydrogens (tertiary/aromatic N) is 2. The lowest BCUT2D eigenvalue weighted by atomic mass is 10.1. The third-order valence-electron chi connectivity index (χ3n) is 2.82. The molecule has 120 valence electrons. The van der Waals surface area contributed by atoms with Gasteiger partial charge in [0.05, 0.1) is 0 Å². The molecule has 0 heterocycles. The maximum absolute atomic E-state index is 13.7. The Labute approximate surface area is 144 Å². The highest BCUT2D eigenvalue weighted by molar-refractivity contribution is 14.0. The Hall–Kier alpha value is -0.890. The van der Waals surface area contributed by atoms with Crippen LogP contribution in [0.25, 0.3) is 0 Å². The van der Waals surface area contributed by atoms with Crippen molar-refractivity contribution in [1.29, 1.82) is 0 Å². The van der Waals surface area contributed by atoms with Gasteiger partial charge in [0.1, 0.15) is 5.82 Å². The van der Waals surface area contributed by atoms with E-state index < -0.39 is 0 Å². The van der Waals surface area contributed by atoms with Crippen molar-refractivity contribution in [1.82, 2.24) is 15.5 Å². The molecule has 6 heteroatoms. The summed E-state index contributed by atoms with van der Waals surface area (Å²) in [5, 5.41) is 6.43. The van der Waals surface area contributed by atoms with Gasteiger partial charge in [0.2, 0.25) is 0 Å². The van der Waals surface area contributed by atoms with Crippen molar-refractivity contribution >= 4 is 29.9 Å². The minimum absolute atomic E-state index is 0. The van der Waals surface area contributed by atoms with Gasteiger partial charge in [0.25, 0.3) is 0 Å². The number of hydrogen-bond acceptors (Lipinski definition) is 2. The third-order valence-corrected chi connectivity index (χ3v) is 2.82. The molecule has 0 amide bonds. The van der Waals surface area contributed by atoms with E-state index in [0.717, 1.165) is 24.5 Å². The molecule has 1 rings (SSSR count). The third kappa shape index (κ3) is 7.61. The van der Waals surface area contributed by atoms with E-state index in [1.54, 1.807) is 13.1 Å². The van der Waals surface area contributed by atoms with Crippen LogP contribution in [0.4, 0.5) is 4.39 Å². The second kappa shape index (κ2) is 10.8. The predicted molar refractivity (Wildman–Crippen MR) is 97.7 cm³/mol. The molecule has 0 unspecified atom stereocenters. The highest BCUT2D eigenvalue weighted by atomic mass is 127. The number of rotatable bonds is 6. The normalized spacial score (nSPS) is 11.2. The Balaban J connectivity index is 0.00000400. The monoisotopic (exact) mass is 408 g/mol. The van der Waals surface area contributed by atoms with Crippen molar-refractivity contribution in [3.8, 4) is 0 Å². The summed E-state index contributed by atoms with van der Waals surface area (Å²) in [5.74, 6) is 0.612. The van der Waals surface area contributed by atoms with Crippen molar-refractivity contribution in [2.45, 2.75) is 26.4 Å². The zero-order valence-electron chi connectivity index (χ0n) is 13.2. The number of hydrogen-bond donors (Lipinski definition) is 2. The van der Waals surface area contributed by atoms with Crippen LogP contribution >= 0.6 is 24.0 Å². The Morgan fingerprint density at radius 3 is 2.57 bits per heavy atom. The molecular formula is C15H26FIN4. The van der Waals surface area contributed by atoms with E-state index >= 15 is 0 Å². The summed E-state index contributed by atoms with van der Waals surface area (Å²) in [6.07, 6.45) is 1.05. The summed E-state index contributed by atoms with van der Waals surface area (Å²) in [4.78, 5) is 6.10. The van der Waals surface area contributed by atoms with Gasteiger partial charge in [0.15, 0.2) is 5.96 Å². The van der Waals surface area contributed by atoms with E-state index in [0.29, 0.717) is 18.7 Å². The van der Waals surface area contributed by atoms with Crippen molar-refractivity contribution in [2.24, 2.45) is 4.99 Å². The lowest BCUT2D eigenvalue weighted by molar-refractivity contribution is 0.392. The van der Waals surface area contributed by atoms with Crippen LogP contribution in [0.1, 0.15) is 24.5 Å². The van der Waals surface area contributed by atoms with Gasteiger partial charge < -0.3 is 15.5 Å². The molecule has 0 saturated heterocycles. The summed E-state index contributed by atoms with van der Waals surface area (Å²) in [6.45, 7) is 4.22. The summed E-state index contributed by atoms with van der Waals surface area (Å²) in [6, 6.07) is 5.22. The second-order valence-electron chi connectivity index (χ2n) is 5.02. The van der Waals surface area contributed by atoms with Crippen molar-refractivity contribution in [3.05, 3.63) is 35.1 Å². The topological polar surface area (TPSA) is 39.7 Å². The van der Waals surface area contributed by atoms with E-state index in [1.165, 1.54) is 6.07 Å². The molecule has 0 fully saturated rings. The van der Waals surface area contributed by atoms with Crippen LogP contribution in [-0.2, 0) is 13.1 Å². The van der Waals surface area contributed by atoms with E-state index in [9.17, 15) is 4.39 Å². The molecular weight excluding hydrogens is 382 g/mol. The molecule has 0 saturated carbocycles. The first kappa shape index (κ1) is 20.1. The molecule has 0 atom stereocenters. The molecule has 0 aliphatic rings. The maximum atomic E-state index is 13.7. The number of guanidine groups is 1. The van der Waals surface area contributed by atoms with Gasteiger partial charge in [-0.15, -0.1) is 24.0 Å². The summed E-state index contributed by atoms with van der Waals surface area (Å²) in [7, 11) is 5.61. The lowest BCUT2D eigenvalue weighted by Crippen LogP contribution is -2.37. The fraction of sp³-hybridized carbons (Fsp3) is 0.533. The molecule has 0 bridgehead atoms. The van der Waals surface area contributed by atoms with E-state index in [-0.39, 0.29) is 29.8 Å². The molecule has 2 N–H and O–H groups in total. The quantitative estimate of drug-likeness (QED) is 0.432. The van der Waals surface area contributed by atoms with Crippen LogP contribution in [0, 0.1) is 5.82 Å². The number of nitrogens with one attached hydrogen (secondary N) is 2. The summed E-state index contributed by atoms with van der Waals surface area (Å²) < 4.78 is 13.7. The molecule has 0 aliphatic carbocycles. The SMILES string of the molecule is CCCNC(=NC)NCc1ccc(F)c(CN(C)C)c1.I. The fourth-order valence-electron chi connectivity index (χ4n) is 1.85. The molecule has 1 aromatic rings. The molecule has 0 spiro atoms. The van der Waals surface area contributed by atoms with Gasteiger partial charge >= 0.3 is 0 Å². The van der Waals surface area contributed by atoms with E-state index in [2.05, 4.69) is 22.5 Å². The van der Waals surface area contributed by atoms with Crippen molar-refractivity contribution in [3.63, 3.8) is 0 Å². The van der Waals surface area contributed by atoms with Crippen LogP contribution < -0.4 is 10.6 Å². The Morgan fingerprint density at radius 1 is 1.29 bits per heavy atom. The first-order valence-corrected chi connectivity index (χ1v) is 6.93. The zero-order chi connectivity index (χ0) is 15.0. The van der Waals surface area contributed by atoms with Gasteiger partial charge in [0, 0.05) is 32.2 Å². The summed E-state index contributed by atoms with van der Waals surface area (Å²) >= 11 is 0. The number of benzene rings is 1. The lowest BCUT2D eigenvalue weighted by Gasteiger charge is -2.14. The van der Waals surface area contributed by atoms with Crippen LogP contribution in [0.3, 0.4) is 0 Å². The van der Waals surface area contributed by atoms with Crippen molar-refractivity contribution in [2.75, 3.05) is 27.7 Å². The number of halogens is 2. The first-order chi connectivity index (χ1) is 9.56. The fourth-order valence-corrected chi connectivity index (χ4v) is 1.85. The highest BCUT2D eigenvalue weighted by Gasteiger charge is 2.05. The molecule has 0 radical (unpaired) electrons. The summed E-state index contributed by atoms with van der Waals surface area (Å²) in [5.41, 5.74) is 1.76. The zero-order valence-corrected chi connectivity index (χ0v) is 15.6. The maximum Gasteiger partial charge on any atom is 0.191 e. The van der Waals surface area contributed by atoms with Gasteiger partial charge in [-0.25, -0.2) is 4.39 Å². The van der Waals surface area contributed by atoms with Gasteiger partial charge in [-0.2, -0.15) is 0 Å². The van der Waals surface area contributed by atoms with E-state index in [4.69, 9.17) is 0 Å². The Morgan fingerprint density at radius 2 is 2.00 bits per heavy atom. The Bertz CT molecular complexity index is 449. The molecule has 4 nitrogen and oxygen atoms in total. The van der Waals surface area contributed by atoms with Crippen LogP contribution in [0.2, 0.25) is 0 Å². The average molecular weight is 408 g/mol. The second-order valence-corrected chi connectivity index (χ2v) is 5.02. The minimum Gasteiger partial charge on any atom is -0.356 e. The Kier molecular flexibility index (Phi) is 10.3. The number of aliphatic imine (C=N–C) groups is 1. The van der Waals surface area contributed by atoms with Crippen LogP contribution in [-0.4, -0.2) is 38.5 Å². The van der Waals surface area contributed by atoms with Gasteiger partial charge in [-0.05, 0) is 38.2 Å². The molecule has 0 aliphatic heterocycles. The van der Waals surface area contributed by atoms with Crippen molar-refractivity contribution < 1.29 is 4.39 Å². The largest absolute Gasteiger partial charge is 0.356 e. The molecule has 21 heavy (non-hydrogen) atoms. The molecule has 1 aromatic carbocycles. The molecule has 0 aromatic heterocycles. The van der Waals surface area contributed by atoms with Gasteiger partial charge in [-0.3, -0.25) is 4.99 Å². The highest BCUT2D eigenvalue weighted by Crippen LogP contribution is 2.12. The van der Waals surface area contributed by atoms with E-state index in [1.807, 2.05) is 25.1 Å². The van der Waals surface area contributed by atoms with Crippen LogP contribution in [0.15, 0.2) is 23.2 Å². The first-order valence-electron chi connectivity index (χ1n) is 6.93.